The number of hydrogen-bond acceptors (Lipinski definition) is 6. The fourth-order valence-electron chi connectivity index (χ4n) is 3.00. The highest BCUT2D eigenvalue weighted by Gasteiger charge is 2.12. The van der Waals surface area contributed by atoms with Gasteiger partial charge in [0.05, 0.1) is 11.4 Å². The van der Waals surface area contributed by atoms with Crippen LogP contribution in [0, 0.1) is 45.3 Å². The van der Waals surface area contributed by atoms with Crippen molar-refractivity contribution in [3.63, 3.8) is 0 Å². The van der Waals surface area contributed by atoms with Crippen LogP contribution in [0.25, 0.3) is 11.4 Å². The monoisotopic (exact) mass is 412 g/mol. The van der Waals surface area contributed by atoms with E-state index < -0.39 is 0 Å². The Kier molecular flexibility index (Phi) is 7.00. The van der Waals surface area contributed by atoms with E-state index in [2.05, 4.69) is 10.6 Å². The molecule has 6 heteroatoms. The largest absolute Gasteiger partial charge is 0.353 e. The van der Waals surface area contributed by atoms with E-state index in [0.717, 1.165) is 0 Å². The van der Waals surface area contributed by atoms with E-state index in [1.165, 1.54) is 0 Å². The van der Waals surface area contributed by atoms with E-state index in [4.69, 9.17) is 0 Å². The normalized spacial score (nSPS) is 9.12. The minimum Gasteiger partial charge on any atom is -0.353 e. The van der Waals surface area contributed by atoms with Gasteiger partial charge >= 0.3 is 0 Å². The predicted octanol–water partition coefficient (Wildman–Crippen LogP) is 5.43. The lowest BCUT2D eigenvalue weighted by Gasteiger charge is -2.15. The standard InChI is InChI=1S/C26H16N6/c27-15-21(16-28)25(19-8-3-1-4-9-19)31-23-12-7-13-24(14-23)32-26(22(17-29)18-30)20-10-5-2-6-11-20/h1-14,31-32H. The van der Waals surface area contributed by atoms with Gasteiger partial charge in [0, 0.05) is 22.5 Å². The third kappa shape index (κ3) is 5.00. The lowest BCUT2D eigenvalue weighted by atomic mass is 10.1. The molecule has 0 amide bonds. The Hall–Kier alpha value is -5.30. The fraction of sp³-hybridized carbons (Fsp3) is 0. The second-order valence-electron chi connectivity index (χ2n) is 6.51. The Morgan fingerprint density at radius 2 is 0.875 bits per heavy atom. The van der Waals surface area contributed by atoms with E-state index in [1.807, 2.05) is 84.9 Å². The minimum absolute atomic E-state index is 0.0457. The fourth-order valence-corrected chi connectivity index (χ4v) is 3.00. The van der Waals surface area contributed by atoms with Crippen LogP contribution in [0.5, 0.6) is 0 Å². The maximum absolute atomic E-state index is 9.40. The number of nitrogens with one attached hydrogen (secondary N) is 2. The molecule has 0 saturated carbocycles. The van der Waals surface area contributed by atoms with Gasteiger partial charge in [-0.15, -0.1) is 0 Å². The smallest absolute Gasteiger partial charge is 0.153 e. The van der Waals surface area contributed by atoms with Gasteiger partial charge in [-0.1, -0.05) is 66.7 Å². The summed E-state index contributed by atoms with van der Waals surface area (Å²) in [5, 5.41) is 43.9. The Balaban J connectivity index is 2.00. The number of allylic oxidation sites excluding steroid dienone is 2. The van der Waals surface area contributed by atoms with Crippen molar-refractivity contribution in [2.45, 2.75) is 0 Å². The summed E-state index contributed by atoms with van der Waals surface area (Å²) in [4.78, 5) is 0. The van der Waals surface area contributed by atoms with E-state index >= 15 is 0 Å². The summed E-state index contributed by atoms with van der Waals surface area (Å²) in [6, 6.07) is 33.1. The molecule has 3 aromatic carbocycles. The van der Waals surface area contributed by atoms with Crippen LogP contribution in [0.4, 0.5) is 11.4 Å². The van der Waals surface area contributed by atoms with Gasteiger partial charge in [-0.2, -0.15) is 21.0 Å². The molecule has 2 N–H and O–H groups in total. The van der Waals surface area contributed by atoms with E-state index in [0.29, 0.717) is 33.9 Å². The van der Waals surface area contributed by atoms with Crippen LogP contribution in [0.15, 0.2) is 96.1 Å². The van der Waals surface area contributed by atoms with Gasteiger partial charge in [0.2, 0.25) is 0 Å². The highest BCUT2D eigenvalue weighted by molar-refractivity contribution is 5.87. The molecule has 0 saturated heterocycles. The molecule has 0 aliphatic heterocycles. The van der Waals surface area contributed by atoms with Crippen LogP contribution >= 0.6 is 0 Å². The van der Waals surface area contributed by atoms with Crippen molar-refractivity contribution in [1.29, 1.82) is 21.0 Å². The van der Waals surface area contributed by atoms with Gasteiger partial charge in [-0.25, -0.2) is 0 Å². The van der Waals surface area contributed by atoms with Crippen LogP contribution in [-0.4, -0.2) is 0 Å². The molecule has 0 fully saturated rings. The van der Waals surface area contributed by atoms with Crippen molar-refractivity contribution in [2.24, 2.45) is 0 Å². The van der Waals surface area contributed by atoms with E-state index in [1.54, 1.807) is 24.3 Å². The van der Waals surface area contributed by atoms with Crippen LogP contribution in [-0.2, 0) is 0 Å². The van der Waals surface area contributed by atoms with Crippen molar-refractivity contribution in [1.82, 2.24) is 0 Å². The first-order valence-corrected chi connectivity index (χ1v) is 9.54. The van der Waals surface area contributed by atoms with Crippen LogP contribution in [0.1, 0.15) is 11.1 Å². The molecule has 6 nitrogen and oxygen atoms in total. The summed E-state index contributed by atoms with van der Waals surface area (Å²) >= 11 is 0. The van der Waals surface area contributed by atoms with Crippen LogP contribution in [0.3, 0.4) is 0 Å². The van der Waals surface area contributed by atoms with Crippen molar-refractivity contribution < 1.29 is 0 Å². The summed E-state index contributed by atoms with van der Waals surface area (Å²) < 4.78 is 0. The third-order valence-electron chi connectivity index (χ3n) is 4.47. The van der Waals surface area contributed by atoms with Crippen LogP contribution < -0.4 is 10.6 Å². The third-order valence-corrected chi connectivity index (χ3v) is 4.47. The molecule has 0 aliphatic carbocycles. The molecule has 3 aromatic rings. The Morgan fingerprint density at radius 1 is 0.500 bits per heavy atom. The maximum Gasteiger partial charge on any atom is 0.153 e. The Bertz CT molecular complexity index is 1210. The predicted molar refractivity (Wildman–Crippen MR) is 123 cm³/mol. The van der Waals surface area contributed by atoms with Gasteiger partial charge in [-0.05, 0) is 18.2 Å². The molecule has 0 spiro atoms. The first kappa shape index (κ1) is 21.4. The molecular formula is C26H16N6. The molecular weight excluding hydrogens is 396 g/mol. The Morgan fingerprint density at radius 3 is 1.22 bits per heavy atom. The van der Waals surface area contributed by atoms with Crippen molar-refractivity contribution in [3.05, 3.63) is 107 Å². The summed E-state index contributed by atoms with van der Waals surface area (Å²) in [5.74, 6) is 0. The molecule has 0 bridgehead atoms. The average Bonchev–Trinajstić information content (AvgIpc) is 2.85. The molecule has 0 unspecified atom stereocenters. The summed E-state index contributed by atoms with van der Waals surface area (Å²) in [7, 11) is 0. The molecule has 0 aromatic heterocycles. The highest BCUT2D eigenvalue weighted by Crippen LogP contribution is 2.27. The van der Waals surface area contributed by atoms with Crippen molar-refractivity contribution >= 4 is 22.8 Å². The zero-order valence-corrected chi connectivity index (χ0v) is 16.9. The summed E-state index contributed by atoms with van der Waals surface area (Å²) in [6.45, 7) is 0. The molecule has 0 heterocycles. The summed E-state index contributed by atoms with van der Waals surface area (Å²) in [5.41, 5.74) is 3.34. The second kappa shape index (κ2) is 10.5. The SMILES string of the molecule is N#CC(C#N)=C(Nc1cccc(NC(=C(C#N)C#N)c2ccccc2)c1)c1ccccc1. The molecule has 3 rings (SSSR count). The highest BCUT2D eigenvalue weighted by atomic mass is 14.9. The lowest BCUT2D eigenvalue weighted by molar-refractivity contribution is 1.43. The molecule has 32 heavy (non-hydrogen) atoms. The minimum atomic E-state index is -0.0457. The number of nitrogens with zero attached hydrogens (tertiary/aromatic N) is 4. The molecule has 0 radical (unpaired) electrons. The zero-order chi connectivity index (χ0) is 22.8. The van der Waals surface area contributed by atoms with Gasteiger partial charge in [0.25, 0.3) is 0 Å². The topological polar surface area (TPSA) is 119 Å². The summed E-state index contributed by atoms with van der Waals surface area (Å²) in [6.07, 6.45) is 0. The first-order valence-electron chi connectivity index (χ1n) is 9.54. The zero-order valence-electron chi connectivity index (χ0n) is 16.9. The average molecular weight is 412 g/mol. The van der Waals surface area contributed by atoms with Crippen LogP contribution in [0.2, 0.25) is 0 Å². The second-order valence-corrected chi connectivity index (χ2v) is 6.51. The number of benzene rings is 3. The number of rotatable bonds is 6. The number of hydrogen-bond donors (Lipinski definition) is 2. The van der Waals surface area contributed by atoms with Gasteiger partial charge in [0.15, 0.2) is 11.1 Å². The van der Waals surface area contributed by atoms with E-state index in [9.17, 15) is 21.0 Å². The van der Waals surface area contributed by atoms with E-state index in [-0.39, 0.29) is 11.1 Å². The Labute approximate surface area is 186 Å². The van der Waals surface area contributed by atoms with Gasteiger partial charge < -0.3 is 10.6 Å². The van der Waals surface area contributed by atoms with Crippen molar-refractivity contribution in [2.75, 3.05) is 10.6 Å². The molecule has 150 valence electrons. The molecule has 0 aliphatic rings. The van der Waals surface area contributed by atoms with Gasteiger partial charge in [0.1, 0.15) is 24.3 Å². The van der Waals surface area contributed by atoms with Crippen molar-refractivity contribution in [3.8, 4) is 24.3 Å². The van der Waals surface area contributed by atoms with Gasteiger partial charge in [-0.3, -0.25) is 0 Å². The lowest BCUT2D eigenvalue weighted by Crippen LogP contribution is -2.04. The number of nitriles is 4. The number of anilines is 2. The first-order chi connectivity index (χ1) is 15.7. The maximum atomic E-state index is 9.40. The quantitative estimate of drug-likeness (QED) is 0.521. The molecule has 0 atom stereocenters.